The van der Waals surface area contributed by atoms with Gasteiger partial charge in [0.15, 0.2) is 5.96 Å². The van der Waals surface area contributed by atoms with Crippen LogP contribution in [0.1, 0.15) is 53.4 Å². The molecule has 2 N–H and O–H groups in total. The van der Waals surface area contributed by atoms with E-state index in [1.54, 1.807) is 4.90 Å². The number of likely N-dealkylation sites (N-methyl/N-ethyl adjacent to an activating group) is 1. The minimum atomic E-state index is 0.0669. The van der Waals surface area contributed by atoms with Crippen LogP contribution >= 0.6 is 0 Å². The molecule has 1 atom stereocenters. The van der Waals surface area contributed by atoms with Crippen LogP contribution in [0.3, 0.4) is 0 Å². The Bertz CT molecular complexity index is 470. The van der Waals surface area contributed by atoms with Crippen molar-refractivity contribution in [3.63, 3.8) is 0 Å². The van der Waals surface area contributed by atoms with Crippen LogP contribution in [0.15, 0.2) is 4.99 Å². The fourth-order valence-electron chi connectivity index (χ4n) is 3.96. The highest BCUT2D eigenvalue weighted by Gasteiger charge is 2.30. The molecule has 1 rings (SSSR count). The largest absolute Gasteiger partial charge is 0.356 e. The molecule has 164 valence electrons. The third kappa shape index (κ3) is 8.35. The molecule has 0 aromatic heterocycles. The number of aliphatic imine (C=N–C) groups is 1. The van der Waals surface area contributed by atoms with Crippen molar-refractivity contribution in [2.45, 2.75) is 71.5 Å². The summed E-state index contributed by atoms with van der Waals surface area (Å²) in [6.07, 6.45) is 4.20. The van der Waals surface area contributed by atoms with Gasteiger partial charge < -0.3 is 15.5 Å². The first-order chi connectivity index (χ1) is 13.3. The summed E-state index contributed by atoms with van der Waals surface area (Å²) in [6.45, 7) is 13.9. The Morgan fingerprint density at radius 3 is 2.25 bits per heavy atom. The van der Waals surface area contributed by atoms with E-state index in [4.69, 9.17) is 0 Å². The standard InChI is InChI=1S/C21H44N6O/c1-17(2)27(18(3)4)16-10-13-24-21(22-5)23-12-9-15-26-14-8-11-19(26)20(28)25(6)7/h17-19H,8-16H2,1-7H3,(H2,22,23,24). The minimum absolute atomic E-state index is 0.0669. The van der Waals surface area contributed by atoms with Crippen molar-refractivity contribution in [2.24, 2.45) is 4.99 Å². The summed E-state index contributed by atoms with van der Waals surface area (Å²) >= 11 is 0. The van der Waals surface area contributed by atoms with Gasteiger partial charge in [0.1, 0.15) is 0 Å². The number of carbonyl (C=O) groups is 1. The average Bonchev–Trinajstić information content (AvgIpc) is 3.10. The molecule has 0 saturated carbocycles. The number of hydrogen-bond donors (Lipinski definition) is 2. The number of nitrogens with zero attached hydrogens (tertiary/aromatic N) is 4. The number of hydrogen-bond acceptors (Lipinski definition) is 4. The predicted molar refractivity (Wildman–Crippen MR) is 119 cm³/mol. The summed E-state index contributed by atoms with van der Waals surface area (Å²) in [4.78, 5) is 23.1. The Labute approximate surface area is 172 Å². The van der Waals surface area contributed by atoms with Gasteiger partial charge in [0.25, 0.3) is 0 Å². The number of guanidine groups is 1. The maximum atomic E-state index is 12.3. The van der Waals surface area contributed by atoms with Crippen LogP contribution < -0.4 is 10.6 Å². The number of carbonyl (C=O) groups excluding carboxylic acids is 1. The van der Waals surface area contributed by atoms with Crippen LogP contribution in [-0.4, -0.2) is 98.6 Å². The number of likely N-dealkylation sites (tertiary alicyclic amines) is 1. The molecule has 1 saturated heterocycles. The molecule has 0 bridgehead atoms. The number of rotatable bonds is 11. The van der Waals surface area contributed by atoms with Gasteiger partial charge in [0.2, 0.25) is 5.91 Å². The molecule has 1 fully saturated rings. The first-order valence-corrected chi connectivity index (χ1v) is 10.9. The van der Waals surface area contributed by atoms with Crippen LogP contribution in [0, 0.1) is 0 Å². The van der Waals surface area contributed by atoms with Crippen LogP contribution in [0.2, 0.25) is 0 Å². The summed E-state index contributed by atoms with van der Waals surface area (Å²) in [5.74, 6) is 1.10. The topological polar surface area (TPSA) is 63.2 Å². The van der Waals surface area contributed by atoms with Crippen LogP contribution in [0.4, 0.5) is 0 Å². The zero-order valence-electron chi connectivity index (χ0n) is 19.3. The van der Waals surface area contributed by atoms with Crippen LogP contribution in [-0.2, 0) is 4.79 Å². The molecule has 7 nitrogen and oxygen atoms in total. The fourth-order valence-corrected chi connectivity index (χ4v) is 3.96. The Morgan fingerprint density at radius 1 is 1.11 bits per heavy atom. The third-order valence-corrected chi connectivity index (χ3v) is 5.44. The van der Waals surface area contributed by atoms with Gasteiger partial charge in [0.05, 0.1) is 6.04 Å². The Kier molecular flexibility index (Phi) is 11.5. The molecule has 1 amide bonds. The van der Waals surface area contributed by atoms with Gasteiger partial charge in [-0.15, -0.1) is 0 Å². The van der Waals surface area contributed by atoms with E-state index < -0.39 is 0 Å². The van der Waals surface area contributed by atoms with Gasteiger partial charge in [-0.1, -0.05) is 0 Å². The van der Waals surface area contributed by atoms with E-state index in [-0.39, 0.29) is 11.9 Å². The van der Waals surface area contributed by atoms with E-state index in [1.807, 2.05) is 21.1 Å². The van der Waals surface area contributed by atoms with Gasteiger partial charge in [-0.3, -0.25) is 19.6 Å². The molecule has 1 aliphatic heterocycles. The normalized spacial score (nSPS) is 18.4. The molecule has 0 aromatic rings. The van der Waals surface area contributed by atoms with E-state index in [0.29, 0.717) is 12.1 Å². The molecule has 1 heterocycles. The lowest BCUT2D eigenvalue weighted by Gasteiger charge is -2.30. The fraction of sp³-hybridized carbons (Fsp3) is 0.905. The zero-order valence-corrected chi connectivity index (χ0v) is 19.3. The van der Waals surface area contributed by atoms with E-state index >= 15 is 0 Å². The molecular weight excluding hydrogens is 352 g/mol. The number of amides is 1. The Hall–Kier alpha value is -1.34. The summed E-state index contributed by atoms with van der Waals surface area (Å²) in [5.41, 5.74) is 0. The van der Waals surface area contributed by atoms with E-state index in [9.17, 15) is 4.79 Å². The average molecular weight is 397 g/mol. The molecular formula is C21H44N6O. The highest BCUT2D eigenvalue weighted by atomic mass is 16.2. The molecule has 7 heteroatoms. The van der Waals surface area contributed by atoms with Crippen molar-refractivity contribution in [2.75, 3.05) is 53.9 Å². The third-order valence-electron chi connectivity index (χ3n) is 5.44. The van der Waals surface area contributed by atoms with Gasteiger partial charge in [-0.2, -0.15) is 0 Å². The first-order valence-electron chi connectivity index (χ1n) is 10.9. The Balaban J connectivity index is 2.23. The van der Waals surface area contributed by atoms with Crippen molar-refractivity contribution < 1.29 is 4.79 Å². The van der Waals surface area contributed by atoms with Gasteiger partial charge >= 0.3 is 0 Å². The quantitative estimate of drug-likeness (QED) is 0.316. The van der Waals surface area contributed by atoms with Crippen molar-refractivity contribution in [3.05, 3.63) is 0 Å². The second kappa shape index (κ2) is 13.0. The molecule has 1 aliphatic rings. The van der Waals surface area contributed by atoms with Crippen molar-refractivity contribution in [3.8, 4) is 0 Å². The van der Waals surface area contributed by atoms with Gasteiger partial charge in [0, 0.05) is 59.4 Å². The highest BCUT2D eigenvalue weighted by Crippen LogP contribution is 2.18. The molecule has 0 aliphatic carbocycles. The number of nitrogens with one attached hydrogen (secondary N) is 2. The SMILES string of the molecule is CN=C(NCCCN1CCCC1C(=O)N(C)C)NCCCN(C(C)C)C(C)C. The van der Waals surface area contributed by atoms with E-state index in [0.717, 1.165) is 64.4 Å². The van der Waals surface area contributed by atoms with E-state index in [1.165, 1.54) is 0 Å². The van der Waals surface area contributed by atoms with E-state index in [2.05, 4.69) is 53.1 Å². The van der Waals surface area contributed by atoms with Crippen molar-refractivity contribution in [1.82, 2.24) is 25.3 Å². The summed E-state index contributed by atoms with van der Waals surface area (Å²) in [5, 5.41) is 6.81. The highest BCUT2D eigenvalue weighted by molar-refractivity contribution is 5.81. The molecule has 28 heavy (non-hydrogen) atoms. The minimum Gasteiger partial charge on any atom is -0.356 e. The van der Waals surface area contributed by atoms with Crippen LogP contribution in [0.25, 0.3) is 0 Å². The van der Waals surface area contributed by atoms with Gasteiger partial charge in [-0.25, -0.2) is 0 Å². The monoisotopic (exact) mass is 396 g/mol. The molecule has 0 aromatic carbocycles. The van der Waals surface area contributed by atoms with Crippen molar-refractivity contribution >= 4 is 11.9 Å². The lowest BCUT2D eigenvalue weighted by Crippen LogP contribution is -2.44. The summed E-state index contributed by atoms with van der Waals surface area (Å²) in [7, 11) is 5.51. The first kappa shape index (κ1) is 24.7. The zero-order chi connectivity index (χ0) is 21.1. The van der Waals surface area contributed by atoms with Gasteiger partial charge in [-0.05, 0) is 59.9 Å². The molecule has 0 radical (unpaired) electrons. The summed E-state index contributed by atoms with van der Waals surface area (Å²) in [6, 6.07) is 1.22. The smallest absolute Gasteiger partial charge is 0.239 e. The second-order valence-electron chi connectivity index (χ2n) is 8.48. The van der Waals surface area contributed by atoms with Crippen molar-refractivity contribution in [1.29, 1.82) is 0 Å². The maximum Gasteiger partial charge on any atom is 0.239 e. The summed E-state index contributed by atoms with van der Waals surface area (Å²) < 4.78 is 0. The van der Waals surface area contributed by atoms with Crippen LogP contribution in [0.5, 0.6) is 0 Å². The molecule has 0 spiro atoms. The second-order valence-corrected chi connectivity index (χ2v) is 8.48. The molecule has 1 unspecified atom stereocenters. The Morgan fingerprint density at radius 2 is 1.71 bits per heavy atom. The predicted octanol–water partition coefficient (Wildman–Crippen LogP) is 1.60. The lowest BCUT2D eigenvalue weighted by molar-refractivity contribution is -0.133. The maximum absolute atomic E-state index is 12.3. The lowest BCUT2D eigenvalue weighted by atomic mass is 10.2.